The van der Waals surface area contributed by atoms with E-state index in [1.165, 1.54) is 0 Å². The van der Waals surface area contributed by atoms with Crippen LogP contribution in [0.25, 0.3) is 0 Å². The maximum absolute atomic E-state index is 14.5. The third kappa shape index (κ3) is 5.39. The average molecular weight is 416 g/mol. The predicted octanol–water partition coefficient (Wildman–Crippen LogP) is 3.50. The number of carbonyl (C=O) groups excluding carboxylic acids is 2. The van der Waals surface area contributed by atoms with E-state index in [1.807, 2.05) is 6.92 Å². The summed E-state index contributed by atoms with van der Waals surface area (Å²) in [6, 6.07) is 1.37. The molecular weight excluding hydrogens is 392 g/mol. The number of piperidine rings is 1. The first-order chi connectivity index (χ1) is 13.7. The van der Waals surface area contributed by atoms with Gasteiger partial charge in [-0.25, -0.2) is 22.4 Å². The fourth-order valence-electron chi connectivity index (χ4n) is 3.33. The molecule has 0 bridgehead atoms. The number of benzene rings is 1. The Morgan fingerprint density at radius 3 is 2.45 bits per heavy atom. The molecule has 1 aliphatic carbocycles. The molecule has 1 aromatic rings. The number of rotatable bonds is 6. The van der Waals surface area contributed by atoms with Gasteiger partial charge in [-0.2, -0.15) is 0 Å². The maximum Gasteiger partial charge on any atom is 0.410 e. The fraction of sp³-hybridized carbons (Fsp3) is 0.600. The van der Waals surface area contributed by atoms with Gasteiger partial charge >= 0.3 is 6.09 Å². The Kier molecular flexibility index (Phi) is 6.33. The molecule has 0 aromatic heterocycles. The van der Waals surface area contributed by atoms with Gasteiger partial charge in [0.25, 0.3) is 0 Å². The zero-order valence-corrected chi connectivity index (χ0v) is 16.2. The summed E-state index contributed by atoms with van der Waals surface area (Å²) in [6.45, 7) is 2.30. The van der Waals surface area contributed by atoms with Crippen molar-refractivity contribution in [2.75, 3.05) is 19.6 Å². The third-order valence-electron chi connectivity index (χ3n) is 5.57. The van der Waals surface area contributed by atoms with Gasteiger partial charge in [0.1, 0.15) is 17.6 Å². The molecule has 1 atom stereocenters. The van der Waals surface area contributed by atoms with E-state index < -0.39 is 41.5 Å². The lowest BCUT2D eigenvalue weighted by Crippen LogP contribution is -2.44. The molecule has 1 saturated heterocycles. The quantitative estimate of drug-likeness (QED) is 0.571. The van der Waals surface area contributed by atoms with Crippen LogP contribution in [0.4, 0.5) is 22.4 Å². The molecule has 2 amide bonds. The number of likely N-dealkylation sites (tertiary alicyclic amines) is 1. The van der Waals surface area contributed by atoms with E-state index in [2.05, 4.69) is 5.32 Å². The van der Waals surface area contributed by atoms with Crippen molar-refractivity contribution in [1.29, 1.82) is 0 Å². The van der Waals surface area contributed by atoms with Gasteiger partial charge in [-0.05, 0) is 50.7 Å². The van der Waals surface area contributed by atoms with E-state index in [0.717, 1.165) is 18.9 Å². The van der Waals surface area contributed by atoms with Crippen LogP contribution in [0.3, 0.4) is 0 Å². The van der Waals surface area contributed by atoms with Crippen LogP contribution in [0, 0.1) is 23.4 Å². The zero-order valence-electron chi connectivity index (χ0n) is 16.2. The van der Waals surface area contributed by atoms with Crippen molar-refractivity contribution in [3.8, 4) is 0 Å². The summed E-state index contributed by atoms with van der Waals surface area (Å²) in [5.41, 5.74) is -1.05. The van der Waals surface area contributed by atoms with E-state index in [4.69, 9.17) is 4.74 Å². The first kappa shape index (κ1) is 21.4. The highest BCUT2D eigenvalue weighted by Crippen LogP contribution is 2.39. The normalized spacial score (nSPS) is 19.6. The summed E-state index contributed by atoms with van der Waals surface area (Å²) in [5.74, 6) is -4.85. The highest BCUT2D eigenvalue weighted by molar-refractivity contribution is 5.78. The SMILES string of the molecule is CC1(OC(=O)N2CCC([C@H](F)CNC(=O)Cc3c(F)ccc(F)c3F)CC2)CC1. The molecule has 9 heteroatoms. The minimum absolute atomic E-state index is 0.315. The van der Waals surface area contributed by atoms with E-state index in [9.17, 15) is 27.2 Å². The first-order valence-corrected chi connectivity index (χ1v) is 9.69. The number of alkyl halides is 1. The van der Waals surface area contributed by atoms with Crippen molar-refractivity contribution in [2.24, 2.45) is 5.92 Å². The lowest BCUT2D eigenvalue weighted by atomic mass is 9.92. The summed E-state index contributed by atoms with van der Waals surface area (Å²) < 4.78 is 60.2. The lowest BCUT2D eigenvalue weighted by Gasteiger charge is -2.33. The number of nitrogens with one attached hydrogen (secondary N) is 1. The molecule has 1 aromatic carbocycles. The number of nitrogens with zero attached hydrogens (tertiary/aromatic N) is 1. The van der Waals surface area contributed by atoms with Crippen LogP contribution >= 0.6 is 0 Å². The minimum Gasteiger partial charge on any atom is -0.443 e. The second-order valence-electron chi connectivity index (χ2n) is 7.96. The van der Waals surface area contributed by atoms with Gasteiger partial charge in [0.15, 0.2) is 11.6 Å². The van der Waals surface area contributed by atoms with E-state index in [-0.39, 0.29) is 24.2 Å². The molecule has 0 spiro atoms. The molecule has 1 N–H and O–H groups in total. The van der Waals surface area contributed by atoms with Gasteiger partial charge in [-0.15, -0.1) is 0 Å². The monoisotopic (exact) mass is 416 g/mol. The predicted molar refractivity (Wildman–Crippen MR) is 96.3 cm³/mol. The largest absolute Gasteiger partial charge is 0.443 e. The Hall–Kier alpha value is -2.32. The number of ether oxygens (including phenoxy) is 1. The van der Waals surface area contributed by atoms with Crippen molar-refractivity contribution in [1.82, 2.24) is 10.2 Å². The molecular formula is C20H24F4N2O3. The molecule has 0 unspecified atom stereocenters. The van der Waals surface area contributed by atoms with Crippen molar-refractivity contribution in [3.05, 3.63) is 35.1 Å². The Balaban J connectivity index is 1.42. The van der Waals surface area contributed by atoms with Gasteiger partial charge in [-0.1, -0.05) is 0 Å². The van der Waals surface area contributed by atoms with E-state index in [0.29, 0.717) is 32.0 Å². The van der Waals surface area contributed by atoms with E-state index in [1.54, 1.807) is 4.90 Å². The summed E-state index contributed by atoms with van der Waals surface area (Å²) in [6.07, 6.45) is 0.0963. The Morgan fingerprint density at radius 2 is 1.83 bits per heavy atom. The smallest absolute Gasteiger partial charge is 0.410 e. The second kappa shape index (κ2) is 8.59. The van der Waals surface area contributed by atoms with Crippen LogP contribution < -0.4 is 5.32 Å². The average Bonchev–Trinajstić information content (AvgIpc) is 3.43. The van der Waals surface area contributed by atoms with Crippen molar-refractivity contribution in [3.63, 3.8) is 0 Å². The molecule has 3 rings (SSSR count). The van der Waals surface area contributed by atoms with Crippen LogP contribution in [-0.4, -0.2) is 48.3 Å². The van der Waals surface area contributed by atoms with Gasteiger partial charge in [0.05, 0.1) is 6.42 Å². The van der Waals surface area contributed by atoms with E-state index >= 15 is 0 Å². The van der Waals surface area contributed by atoms with Crippen LogP contribution in [0.5, 0.6) is 0 Å². The number of halogens is 4. The molecule has 5 nitrogen and oxygen atoms in total. The maximum atomic E-state index is 14.5. The number of hydrogen-bond donors (Lipinski definition) is 1. The van der Waals surface area contributed by atoms with Crippen LogP contribution in [-0.2, 0) is 16.0 Å². The molecule has 2 aliphatic rings. The number of amides is 2. The second-order valence-corrected chi connectivity index (χ2v) is 7.96. The highest BCUT2D eigenvalue weighted by atomic mass is 19.2. The summed E-state index contributed by atoms with van der Waals surface area (Å²) >= 11 is 0. The van der Waals surface area contributed by atoms with Gasteiger partial charge in [0, 0.05) is 25.2 Å². The number of hydrogen-bond acceptors (Lipinski definition) is 3. The Bertz CT molecular complexity index is 777. The first-order valence-electron chi connectivity index (χ1n) is 9.69. The summed E-state index contributed by atoms with van der Waals surface area (Å²) in [4.78, 5) is 25.5. The molecule has 1 heterocycles. The van der Waals surface area contributed by atoms with Gasteiger partial charge < -0.3 is 15.0 Å². The topological polar surface area (TPSA) is 58.6 Å². The fourth-order valence-corrected chi connectivity index (χ4v) is 3.33. The summed E-state index contributed by atoms with van der Waals surface area (Å²) in [5, 5.41) is 2.30. The highest BCUT2D eigenvalue weighted by Gasteiger charge is 2.43. The molecule has 1 saturated carbocycles. The van der Waals surface area contributed by atoms with Gasteiger partial charge in [-0.3, -0.25) is 4.79 Å². The van der Waals surface area contributed by atoms with Crippen molar-refractivity contribution < 1.29 is 31.9 Å². The summed E-state index contributed by atoms with van der Waals surface area (Å²) in [7, 11) is 0. The van der Waals surface area contributed by atoms with Crippen LogP contribution in [0.15, 0.2) is 12.1 Å². The van der Waals surface area contributed by atoms with Crippen molar-refractivity contribution in [2.45, 2.75) is 50.8 Å². The van der Waals surface area contributed by atoms with Crippen LogP contribution in [0.2, 0.25) is 0 Å². The molecule has 160 valence electrons. The molecule has 0 radical (unpaired) electrons. The molecule has 1 aliphatic heterocycles. The minimum atomic E-state index is -1.42. The lowest BCUT2D eigenvalue weighted by molar-refractivity contribution is -0.120. The standard InChI is InChI=1S/C20H24F4N2O3/c1-20(6-7-20)29-19(28)26-8-4-12(5-9-26)16(23)11-25-17(27)10-13-14(21)2-3-15(22)18(13)24/h2-3,12,16H,4-11H2,1H3,(H,25,27)/t16-/m1/s1. The molecule has 2 fully saturated rings. The van der Waals surface area contributed by atoms with Gasteiger partial charge in [0.2, 0.25) is 5.91 Å². The molecule has 29 heavy (non-hydrogen) atoms. The van der Waals surface area contributed by atoms with Crippen LogP contribution in [0.1, 0.15) is 38.2 Å². The zero-order chi connectivity index (χ0) is 21.2. The Morgan fingerprint density at radius 1 is 1.21 bits per heavy atom. The van der Waals surface area contributed by atoms with Crippen molar-refractivity contribution >= 4 is 12.0 Å². The Labute approximate surface area is 166 Å². The third-order valence-corrected chi connectivity index (χ3v) is 5.57. The number of carbonyl (C=O) groups is 2.